The Labute approximate surface area is 126 Å². The van der Waals surface area contributed by atoms with Gasteiger partial charge in [-0.1, -0.05) is 51.1 Å². The maximum atomic E-state index is 11.7. The molecule has 0 spiro atoms. The minimum absolute atomic E-state index is 0.130. The normalized spacial score (nSPS) is 12.9. The molecule has 2 aromatic rings. The highest BCUT2D eigenvalue weighted by Crippen LogP contribution is 2.24. The maximum Gasteiger partial charge on any atom is 0.225 e. The molecule has 1 atom stereocenters. The number of hydrogen-bond donors (Lipinski definition) is 1. The average Bonchev–Trinajstić information content (AvgIpc) is 2.45. The second-order valence-corrected chi connectivity index (χ2v) is 6.39. The van der Waals surface area contributed by atoms with Crippen molar-refractivity contribution < 1.29 is 4.79 Å². The van der Waals surface area contributed by atoms with Crippen molar-refractivity contribution in [3.05, 3.63) is 65.5 Å². The van der Waals surface area contributed by atoms with Crippen LogP contribution in [0.1, 0.15) is 43.4 Å². The summed E-state index contributed by atoms with van der Waals surface area (Å²) < 4.78 is 0. The molecule has 3 nitrogen and oxygen atoms in total. The molecule has 0 fully saturated rings. The van der Waals surface area contributed by atoms with E-state index in [0.717, 1.165) is 11.1 Å². The van der Waals surface area contributed by atoms with Gasteiger partial charge in [-0.15, -0.1) is 0 Å². The minimum atomic E-state index is -0.334. The number of hydrogen-bond acceptors (Lipinski definition) is 2. The van der Waals surface area contributed by atoms with Crippen molar-refractivity contribution in [2.75, 3.05) is 0 Å². The summed E-state index contributed by atoms with van der Waals surface area (Å²) in [4.78, 5) is 15.8. The molecule has 1 aromatic carbocycles. The topological polar surface area (TPSA) is 56.0 Å². The molecule has 0 aliphatic carbocycles. The predicted molar refractivity (Wildman–Crippen MR) is 85.0 cm³/mol. The predicted octanol–water partition coefficient (Wildman–Crippen LogP) is 3.19. The Kier molecular flexibility index (Phi) is 4.41. The Morgan fingerprint density at radius 3 is 2.33 bits per heavy atom. The van der Waals surface area contributed by atoms with Gasteiger partial charge < -0.3 is 5.73 Å². The zero-order valence-electron chi connectivity index (χ0n) is 12.8. The van der Waals surface area contributed by atoms with Gasteiger partial charge in [0.1, 0.15) is 0 Å². The van der Waals surface area contributed by atoms with E-state index in [4.69, 9.17) is 5.73 Å². The van der Waals surface area contributed by atoms with Crippen molar-refractivity contribution in [1.29, 1.82) is 0 Å². The van der Waals surface area contributed by atoms with Crippen LogP contribution in [0.4, 0.5) is 0 Å². The Hall–Kier alpha value is -2.16. The molecule has 1 heterocycles. The van der Waals surface area contributed by atoms with E-state index in [9.17, 15) is 4.79 Å². The van der Waals surface area contributed by atoms with Crippen LogP contribution < -0.4 is 5.73 Å². The lowest BCUT2D eigenvalue weighted by molar-refractivity contribution is -0.119. The van der Waals surface area contributed by atoms with Crippen molar-refractivity contribution in [3.8, 4) is 0 Å². The van der Waals surface area contributed by atoms with Crippen molar-refractivity contribution in [2.24, 2.45) is 5.73 Å². The number of aromatic nitrogens is 1. The lowest BCUT2D eigenvalue weighted by atomic mass is 9.85. The molecule has 21 heavy (non-hydrogen) atoms. The number of rotatable bonds is 4. The van der Waals surface area contributed by atoms with Crippen LogP contribution in [0, 0.1) is 0 Å². The summed E-state index contributed by atoms with van der Waals surface area (Å²) in [6.07, 6.45) is 4.00. The molecule has 2 N–H and O–H groups in total. The van der Waals surface area contributed by atoms with E-state index in [-0.39, 0.29) is 17.2 Å². The third kappa shape index (κ3) is 3.91. The van der Waals surface area contributed by atoms with Crippen LogP contribution in [-0.2, 0) is 16.6 Å². The molecular formula is C18H22N2O. The van der Waals surface area contributed by atoms with Crippen LogP contribution in [0.25, 0.3) is 0 Å². The first-order valence-electron chi connectivity index (χ1n) is 7.16. The fraction of sp³-hybridized carbons (Fsp3) is 0.333. The van der Waals surface area contributed by atoms with Gasteiger partial charge in [-0.2, -0.15) is 0 Å². The molecule has 110 valence electrons. The molecule has 1 aromatic heterocycles. The highest BCUT2D eigenvalue weighted by molar-refractivity contribution is 5.82. The number of primary amides is 1. The number of benzene rings is 1. The maximum absolute atomic E-state index is 11.7. The van der Waals surface area contributed by atoms with E-state index in [2.05, 4.69) is 50.0 Å². The number of carbonyl (C=O) groups excluding carboxylic acids is 1. The van der Waals surface area contributed by atoms with Gasteiger partial charge in [0, 0.05) is 12.4 Å². The lowest BCUT2D eigenvalue weighted by Gasteiger charge is -2.20. The number of nitrogens with zero attached hydrogens (tertiary/aromatic N) is 1. The van der Waals surface area contributed by atoms with Crippen LogP contribution in [0.5, 0.6) is 0 Å². The van der Waals surface area contributed by atoms with E-state index in [0.29, 0.717) is 6.42 Å². The van der Waals surface area contributed by atoms with E-state index in [1.54, 1.807) is 12.4 Å². The second-order valence-electron chi connectivity index (χ2n) is 6.39. The van der Waals surface area contributed by atoms with Gasteiger partial charge in [0.15, 0.2) is 0 Å². The van der Waals surface area contributed by atoms with Gasteiger partial charge >= 0.3 is 0 Å². The standard InChI is InChI=1S/C18H22N2O/c1-18(2,3)15-8-6-13(7-9-15)11-16(17(19)21)14-5-4-10-20-12-14/h4-10,12,16H,11H2,1-3H3,(H2,19,21). The van der Waals surface area contributed by atoms with Crippen LogP contribution >= 0.6 is 0 Å². The quantitative estimate of drug-likeness (QED) is 0.936. The number of nitrogens with two attached hydrogens (primary N) is 1. The van der Waals surface area contributed by atoms with Crippen LogP contribution in [-0.4, -0.2) is 10.9 Å². The summed E-state index contributed by atoms with van der Waals surface area (Å²) in [5, 5.41) is 0. The van der Waals surface area contributed by atoms with Crippen LogP contribution in [0.3, 0.4) is 0 Å². The molecule has 2 rings (SSSR count). The fourth-order valence-electron chi connectivity index (χ4n) is 2.34. The van der Waals surface area contributed by atoms with Crippen molar-refractivity contribution >= 4 is 5.91 Å². The molecule has 3 heteroatoms. The summed E-state index contributed by atoms with van der Waals surface area (Å²) in [7, 11) is 0. The van der Waals surface area contributed by atoms with Gasteiger partial charge in [0.25, 0.3) is 0 Å². The summed E-state index contributed by atoms with van der Waals surface area (Å²) in [5.41, 5.74) is 8.93. The molecular weight excluding hydrogens is 260 g/mol. The SMILES string of the molecule is CC(C)(C)c1ccc(CC(C(N)=O)c2cccnc2)cc1. The lowest BCUT2D eigenvalue weighted by Crippen LogP contribution is -2.23. The Bertz CT molecular complexity index is 597. The minimum Gasteiger partial charge on any atom is -0.369 e. The third-order valence-electron chi connectivity index (χ3n) is 3.69. The first-order chi connectivity index (χ1) is 9.88. The molecule has 0 bridgehead atoms. The smallest absolute Gasteiger partial charge is 0.225 e. The summed E-state index contributed by atoms with van der Waals surface area (Å²) in [6.45, 7) is 6.55. The van der Waals surface area contributed by atoms with E-state index in [1.807, 2.05) is 12.1 Å². The molecule has 0 aliphatic heterocycles. The van der Waals surface area contributed by atoms with Gasteiger partial charge in [0.2, 0.25) is 5.91 Å². The van der Waals surface area contributed by atoms with Crippen molar-refractivity contribution in [3.63, 3.8) is 0 Å². The first-order valence-corrected chi connectivity index (χ1v) is 7.16. The molecule has 0 aliphatic rings. The first kappa shape index (κ1) is 15.2. The van der Waals surface area contributed by atoms with E-state index >= 15 is 0 Å². The zero-order valence-corrected chi connectivity index (χ0v) is 12.8. The number of carbonyl (C=O) groups is 1. The third-order valence-corrected chi connectivity index (χ3v) is 3.69. The van der Waals surface area contributed by atoms with Gasteiger partial charge in [-0.3, -0.25) is 9.78 Å². The highest BCUT2D eigenvalue weighted by Gasteiger charge is 2.19. The highest BCUT2D eigenvalue weighted by atomic mass is 16.1. The van der Waals surface area contributed by atoms with Crippen LogP contribution in [0.15, 0.2) is 48.8 Å². The Balaban J connectivity index is 2.20. The van der Waals surface area contributed by atoms with Gasteiger partial charge in [0.05, 0.1) is 5.92 Å². The molecule has 1 amide bonds. The Morgan fingerprint density at radius 1 is 1.19 bits per heavy atom. The summed E-state index contributed by atoms with van der Waals surface area (Å²) >= 11 is 0. The fourth-order valence-corrected chi connectivity index (χ4v) is 2.34. The zero-order chi connectivity index (χ0) is 15.5. The molecule has 1 unspecified atom stereocenters. The second kappa shape index (κ2) is 6.08. The van der Waals surface area contributed by atoms with Crippen molar-refractivity contribution in [1.82, 2.24) is 4.98 Å². The van der Waals surface area contributed by atoms with Crippen LogP contribution in [0.2, 0.25) is 0 Å². The average molecular weight is 282 g/mol. The Morgan fingerprint density at radius 2 is 1.86 bits per heavy atom. The molecule has 0 saturated carbocycles. The number of amides is 1. The van der Waals surface area contributed by atoms with E-state index in [1.165, 1.54) is 5.56 Å². The largest absolute Gasteiger partial charge is 0.369 e. The molecule has 0 radical (unpaired) electrons. The van der Waals surface area contributed by atoms with Gasteiger partial charge in [-0.25, -0.2) is 0 Å². The monoisotopic (exact) mass is 282 g/mol. The summed E-state index contributed by atoms with van der Waals surface area (Å²) in [6, 6.07) is 12.1. The van der Waals surface area contributed by atoms with Gasteiger partial charge in [-0.05, 0) is 34.6 Å². The van der Waals surface area contributed by atoms with E-state index < -0.39 is 0 Å². The number of pyridine rings is 1. The summed E-state index contributed by atoms with van der Waals surface area (Å²) in [5.74, 6) is -0.651. The van der Waals surface area contributed by atoms with Crippen molar-refractivity contribution in [2.45, 2.75) is 38.5 Å². The molecule has 0 saturated heterocycles.